The molecule has 1 aliphatic carbocycles. The van der Waals surface area contributed by atoms with Gasteiger partial charge in [0.25, 0.3) is 0 Å². The van der Waals surface area contributed by atoms with Gasteiger partial charge in [-0.15, -0.1) is 0 Å². The number of nitrogens with zero attached hydrogens (tertiary/aromatic N) is 3. The van der Waals surface area contributed by atoms with Crippen LogP contribution in [0.25, 0.3) is 5.52 Å². The van der Waals surface area contributed by atoms with Crippen LogP contribution in [0.15, 0.2) is 24.5 Å². The topological polar surface area (TPSA) is 78.7 Å². The van der Waals surface area contributed by atoms with E-state index in [2.05, 4.69) is 15.6 Å². The zero-order valence-electron chi connectivity index (χ0n) is 17.4. The van der Waals surface area contributed by atoms with E-state index >= 15 is 0 Å². The summed E-state index contributed by atoms with van der Waals surface area (Å²) in [6, 6.07) is 3.33. The van der Waals surface area contributed by atoms with E-state index < -0.39 is 36.3 Å². The largest absolute Gasteiger partial charge is 0.343 e. The zero-order chi connectivity index (χ0) is 21.7. The molecule has 2 aromatic rings. The molecule has 3 heterocycles. The molecule has 2 fully saturated rings. The molecule has 2 aromatic heterocycles. The van der Waals surface area contributed by atoms with Gasteiger partial charge in [0.05, 0.1) is 17.3 Å². The summed E-state index contributed by atoms with van der Waals surface area (Å²) in [6.45, 7) is 6.79. The Balaban J connectivity index is 1.43. The maximum absolute atomic E-state index is 13.1. The molecule has 1 atom stereocenters. The molecule has 2 N–H and O–H groups in total. The van der Waals surface area contributed by atoms with Crippen molar-refractivity contribution in [3.8, 4) is 0 Å². The van der Waals surface area contributed by atoms with Gasteiger partial charge in [0.15, 0.2) is 0 Å². The highest BCUT2D eigenvalue weighted by molar-refractivity contribution is 5.85. The Bertz CT molecular complexity index is 979. The Hall–Kier alpha value is -2.55. The second-order valence-electron chi connectivity index (χ2n) is 8.89. The van der Waals surface area contributed by atoms with Crippen LogP contribution in [0.5, 0.6) is 0 Å². The number of aryl methyl sites for hydroxylation is 1. The lowest BCUT2D eigenvalue weighted by molar-refractivity contribution is -0.161. The first-order chi connectivity index (χ1) is 14.1. The number of nitrogens with one attached hydrogen (secondary N) is 2. The first-order valence-electron chi connectivity index (χ1n) is 10.2. The van der Waals surface area contributed by atoms with Crippen LogP contribution in [0.3, 0.4) is 0 Å². The summed E-state index contributed by atoms with van der Waals surface area (Å²) in [6.07, 6.45) is 2.90. The number of carbonyl (C=O) groups excluding carboxylic acids is 2. The van der Waals surface area contributed by atoms with Crippen LogP contribution in [0.2, 0.25) is 0 Å². The number of rotatable bonds is 4. The van der Waals surface area contributed by atoms with E-state index in [9.17, 15) is 18.4 Å². The van der Waals surface area contributed by atoms with E-state index in [-0.39, 0.29) is 18.4 Å². The van der Waals surface area contributed by atoms with E-state index in [4.69, 9.17) is 0 Å². The lowest BCUT2D eigenvalue weighted by Crippen LogP contribution is -2.61. The van der Waals surface area contributed by atoms with Crippen LogP contribution in [-0.2, 0) is 15.1 Å². The number of piperazine rings is 1. The van der Waals surface area contributed by atoms with E-state index in [1.807, 2.05) is 43.5 Å². The first kappa shape index (κ1) is 20.7. The van der Waals surface area contributed by atoms with Crippen molar-refractivity contribution in [2.24, 2.45) is 5.92 Å². The van der Waals surface area contributed by atoms with Crippen LogP contribution in [0, 0.1) is 12.8 Å². The molecule has 9 heteroatoms. The number of amides is 2. The SMILES string of the molecule is Cc1cccn2c(C(C)(C)NC(=O)[C@@H]3CN(C(=O)C4CC(F)(F)C4)CCN3)ncc12. The number of halogens is 2. The smallest absolute Gasteiger partial charge is 0.249 e. The minimum absolute atomic E-state index is 0.171. The molecule has 2 amide bonds. The van der Waals surface area contributed by atoms with Crippen LogP contribution < -0.4 is 10.6 Å². The van der Waals surface area contributed by atoms with Gasteiger partial charge in [-0.25, -0.2) is 13.8 Å². The Kier molecular flexibility index (Phi) is 5.04. The molecule has 162 valence electrons. The van der Waals surface area contributed by atoms with Crippen molar-refractivity contribution in [3.63, 3.8) is 0 Å². The van der Waals surface area contributed by atoms with Crippen molar-refractivity contribution in [2.45, 2.75) is 51.1 Å². The third-order valence-electron chi connectivity index (χ3n) is 6.02. The second kappa shape index (κ2) is 7.30. The molecule has 0 unspecified atom stereocenters. The van der Waals surface area contributed by atoms with Crippen LogP contribution >= 0.6 is 0 Å². The molecular weight excluding hydrogens is 392 g/mol. The Morgan fingerprint density at radius 2 is 2.07 bits per heavy atom. The lowest BCUT2D eigenvalue weighted by Gasteiger charge is -2.40. The normalized spacial score (nSPS) is 22.0. The molecule has 1 aliphatic heterocycles. The number of pyridine rings is 1. The highest BCUT2D eigenvalue weighted by atomic mass is 19.3. The van der Waals surface area contributed by atoms with Crippen molar-refractivity contribution in [2.75, 3.05) is 19.6 Å². The summed E-state index contributed by atoms with van der Waals surface area (Å²) < 4.78 is 28.2. The quantitative estimate of drug-likeness (QED) is 0.793. The van der Waals surface area contributed by atoms with Crippen LogP contribution in [0.1, 0.15) is 38.1 Å². The van der Waals surface area contributed by atoms with Gasteiger partial charge in [-0.1, -0.05) is 6.07 Å². The molecular formula is C21H27F2N5O2. The molecule has 0 spiro atoms. The van der Waals surface area contributed by atoms with E-state index in [0.717, 1.165) is 11.1 Å². The Labute approximate surface area is 173 Å². The molecule has 2 aliphatic rings. The maximum atomic E-state index is 13.1. The second-order valence-corrected chi connectivity index (χ2v) is 8.89. The third kappa shape index (κ3) is 3.78. The van der Waals surface area contributed by atoms with Crippen molar-refractivity contribution in [1.82, 2.24) is 24.9 Å². The fraction of sp³-hybridized carbons (Fsp3) is 0.571. The summed E-state index contributed by atoms with van der Waals surface area (Å²) in [5.41, 5.74) is 1.31. The van der Waals surface area contributed by atoms with Gasteiger partial charge < -0.3 is 19.9 Å². The number of fused-ring (bicyclic) bond motifs is 1. The number of hydrogen-bond donors (Lipinski definition) is 2. The standard InChI is InChI=1S/C21H27F2N5O2/c1-13-5-4-7-28-16(13)11-25-19(28)20(2,3)26-17(29)15-12-27(8-6-24-15)18(30)14-9-21(22,23)10-14/h4-5,7,11,14-15,24H,6,8-10,12H2,1-3H3,(H,26,29)/t15-/m0/s1. The van der Waals surface area contributed by atoms with Gasteiger partial charge in [-0.05, 0) is 32.4 Å². The van der Waals surface area contributed by atoms with Gasteiger partial charge in [0, 0.05) is 44.6 Å². The Morgan fingerprint density at radius 1 is 1.33 bits per heavy atom. The molecule has 1 saturated heterocycles. The minimum Gasteiger partial charge on any atom is -0.343 e. The van der Waals surface area contributed by atoms with E-state index in [0.29, 0.717) is 18.9 Å². The number of aromatic nitrogens is 2. The summed E-state index contributed by atoms with van der Waals surface area (Å²) in [4.78, 5) is 31.5. The van der Waals surface area contributed by atoms with Crippen molar-refractivity contribution in [1.29, 1.82) is 0 Å². The maximum Gasteiger partial charge on any atom is 0.249 e. The third-order valence-corrected chi connectivity index (χ3v) is 6.02. The highest BCUT2D eigenvalue weighted by Crippen LogP contribution is 2.43. The number of imidazole rings is 1. The molecule has 30 heavy (non-hydrogen) atoms. The lowest BCUT2D eigenvalue weighted by atomic mass is 9.80. The molecule has 1 saturated carbocycles. The molecule has 0 aromatic carbocycles. The van der Waals surface area contributed by atoms with Crippen molar-refractivity contribution in [3.05, 3.63) is 35.9 Å². The molecule has 0 bridgehead atoms. The van der Waals surface area contributed by atoms with Gasteiger partial charge in [-0.2, -0.15) is 0 Å². The van der Waals surface area contributed by atoms with Gasteiger partial charge >= 0.3 is 0 Å². The van der Waals surface area contributed by atoms with Crippen LogP contribution in [0.4, 0.5) is 8.78 Å². The summed E-state index contributed by atoms with van der Waals surface area (Å²) in [5.74, 6) is -3.21. The average molecular weight is 419 g/mol. The summed E-state index contributed by atoms with van der Waals surface area (Å²) >= 11 is 0. The fourth-order valence-electron chi connectivity index (χ4n) is 4.30. The van der Waals surface area contributed by atoms with E-state index in [1.165, 1.54) is 4.90 Å². The van der Waals surface area contributed by atoms with Gasteiger partial charge in [-0.3, -0.25) is 9.59 Å². The summed E-state index contributed by atoms with van der Waals surface area (Å²) in [5, 5.41) is 6.15. The number of alkyl halides is 2. The van der Waals surface area contributed by atoms with Gasteiger partial charge in [0.1, 0.15) is 11.9 Å². The number of carbonyl (C=O) groups is 2. The van der Waals surface area contributed by atoms with Crippen LogP contribution in [-0.4, -0.2) is 57.7 Å². The Morgan fingerprint density at radius 3 is 2.77 bits per heavy atom. The predicted octanol–water partition coefficient (Wildman–Crippen LogP) is 1.84. The monoisotopic (exact) mass is 419 g/mol. The van der Waals surface area contributed by atoms with Crippen molar-refractivity contribution < 1.29 is 18.4 Å². The zero-order valence-corrected chi connectivity index (χ0v) is 17.4. The average Bonchev–Trinajstić information content (AvgIpc) is 3.12. The summed E-state index contributed by atoms with van der Waals surface area (Å²) in [7, 11) is 0. The molecule has 4 rings (SSSR count). The molecule has 0 radical (unpaired) electrons. The van der Waals surface area contributed by atoms with E-state index in [1.54, 1.807) is 6.20 Å². The molecule has 7 nitrogen and oxygen atoms in total. The predicted molar refractivity (Wildman–Crippen MR) is 107 cm³/mol. The minimum atomic E-state index is -2.74. The first-order valence-corrected chi connectivity index (χ1v) is 10.2. The fourth-order valence-corrected chi connectivity index (χ4v) is 4.30. The van der Waals surface area contributed by atoms with Gasteiger partial charge in [0.2, 0.25) is 17.7 Å². The van der Waals surface area contributed by atoms with Crippen molar-refractivity contribution >= 4 is 17.3 Å². The number of hydrogen-bond acceptors (Lipinski definition) is 4. The highest BCUT2D eigenvalue weighted by Gasteiger charge is 2.50.